The minimum atomic E-state index is -0.431. The monoisotopic (exact) mass is 256 g/mol. The molecule has 3 heterocycles. The van der Waals surface area contributed by atoms with E-state index in [1.54, 1.807) is 16.7 Å². The SMILES string of the molecule is O=c1[nH]cnc2c1ncn2[C@H]1C=C[C@@H](C[O-])O1.[Na+]. The number of hydrogen-bond acceptors (Lipinski definition) is 5. The number of aromatic amines is 1. The summed E-state index contributed by atoms with van der Waals surface area (Å²) in [6.45, 7) is -0.326. The topological polar surface area (TPSA) is 95.9 Å². The molecule has 1 N–H and O–H groups in total. The van der Waals surface area contributed by atoms with E-state index in [1.165, 1.54) is 12.7 Å². The fraction of sp³-hybridized carbons (Fsp3) is 0.300. The predicted molar refractivity (Wildman–Crippen MR) is 56.1 cm³/mol. The molecule has 0 saturated heterocycles. The minimum Gasteiger partial charge on any atom is -0.852 e. The minimum absolute atomic E-state index is 0. The summed E-state index contributed by atoms with van der Waals surface area (Å²) in [6.07, 6.45) is 5.40. The molecule has 0 bridgehead atoms. The van der Waals surface area contributed by atoms with Crippen LogP contribution in [0.25, 0.3) is 11.2 Å². The van der Waals surface area contributed by atoms with Crippen LogP contribution in [0.1, 0.15) is 6.23 Å². The van der Waals surface area contributed by atoms with Gasteiger partial charge in [0.25, 0.3) is 5.56 Å². The van der Waals surface area contributed by atoms with E-state index in [0.717, 1.165) is 0 Å². The number of aromatic nitrogens is 4. The summed E-state index contributed by atoms with van der Waals surface area (Å²) in [5.41, 5.74) is 0.404. The van der Waals surface area contributed by atoms with Crippen LogP contribution in [-0.4, -0.2) is 32.2 Å². The van der Waals surface area contributed by atoms with Gasteiger partial charge < -0.3 is 14.8 Å². The third-order valence-corrected chi connectivity index (χ3v) is 2.61. The van der Waals surface area contributed by atoms with Crippen LogP contribution in [0.4, 0.5) is 0 Å². The van der Waals surface area contributed by atoms with Gasteiger partial charge in [-0.05, 0) is 6.08 Å². The van der Waals surface area contributed by atoms with Crippen molar-refractivity contribution >= 4 is 11.2 Å². The van der Waals surface area contributed by atoms with Gasteiger partial charge in [0.15, 0.2) is 17.4 Å². The molecule has 8 heteroatoms. The summed E-state index contributed by atoms with van der Waals surface area (Å²) < 4.78 is 7.07. The van der Waals surface area contributed by atoms with Gasteiger partial charge >= 0.3 is 29.6 Å². The van der Waals surface area contributed by atoms with Crippen LogP contribution in [0.3, 0.4) is 0 Å². The average molecular weight is 256 g/mol. The van der Waals surface area contributed by atoms with Crippen LogP contribution in [0.5, 0.6) is 0 Å². The van der Waals surface area contributed by atoms with Crippen molar-refractivity contribution in [1.82, 2.24) is 19.5 Å². The molecule has 0 amide bonds. The molecular formula is C10H9N4NaO3. The van der Waals surface area contributed by atoms with Crippen molar-refractivity contribution in [3.63, 3.8) is 0 Å². The first kappa shape index (κ1) is 13.4. The number of fused-ring (bicyclic) bond motifs is 1. The van der Waals surface area contributed by atoms with E-state index in [-0.39, 0.29) is 47.2 Å². The number of nitrogens with zero attached hydrogens (tertiary/aromatic N) is 3. The Bertz CT molecular complexity index is 635. The summed E-state index contributed by atoms with van der Waals surface area (Å²) in [4.78, 5) is 21.9. The van der Waals surface area contributed by atoms with Crippen molar-refractivity contribution in [2.24, 2.45) is 0 Å². The van der Waals surface area contributed by atoms with Crippen molar-refractivity contribution in [1.29, 1.82) is 0 Å². The van der Waals surface area contributed by atoms with E-state index in [9.17, 15) is 9.90 Å². The molecule has 18 heavy (non-hydrogen) atoms. The largest absolute Gasteiger partial charge is 1.00 e. The first-order valence-corrected chi connectivity index (χ1v) is 5.11. The molecule has 2 aromatic rings. The maximum atomic E-state index is 11.4. The molecule has 0 unspecified atom stereocenters. The quantitative estimate of drug-likeness (QED) is 0.435. The van der Waals surface area contributed by atoms with Crippen LogP contribution in [0.15, 0.2) is 29.6 Å². The van der Waals surface area contributed by atoms with Gasteiger partial charge in [0, 0.05) is 0 Å². The van der Waals surface area contributed by atoms with Gasteiger partial charge in [0.1, 0.15) is 0 Å². The summed E-state index contributed by atoms with van der Waals surface area (Å²) in [6, 6.07) is 0. The molecule has 0 aliphatic carbocycles. The molecule has 2 atom stereocenters. The third-order valence-electron chi connectivity index (χ3n) is 2.61. The van der Waals surface area contributed by atoms with E-state index in [0.29, 0.717) is 5.65 Å². The molecule has 0 aromatic carbocycles. The van der Waals surface area contributed by atoms with Gasteiger partial charge in [0.05, 0.1) is 18.8 Å². The molecule has 0 radical (unpaired) electrons. The Morgan fingerprint density at radius 2 is 2.28 bits per heavy atom. The Hall–Kier alpha value is -0.990. The molecule has 0 spiro atoms. The molecule has 7 nitrogen and oxygen atoms in total. The van der Waals surface area contributed by atoms with Crippen molar-refractivity contribution in [2.75, 3.05) is 6.61 Å². The summed E-state index contributed by atoms with van der Waals surface area (Å²) in [5, 5.41) is 10.7. The Morgan fingerprint density at radius 1 is 1.44 bits per heavy atom. The van der Waals surface area contributed by atoms with Gasteiger partial charge in [-0.25, -0.2) is 9.97 Å². The second-order valence-corrected chi connectivity index (χ2v) is 3.67. The van der Waals surface area contributed by atoms with Crippen molar-refractivity contribution in [3.05, 3.63) is 35.2 Å². The molecule has 3 rings (SSSR count). The Kier molecular flexibility index (Phi) is 3.98. The first-order valence-electron chi connectivity index (χ1n) is 5.11. The van der Waals surface area contributed by atoms with E-state index < -0.39 is 12.3 Å². The molecular weight excluding hydrogens is 247 g/mol. The number of imidazole rings is 1. The number of rotatable bonds is 2. The van der Waals surface area contributed by atoms with Gasteiger partial charge in [-0.3, -0.25) is 9.36 Å². The number of H-pyrrole nitrogens is 1. The average Bonchev–Trinajstić information content (AvgIpc) is 2.94. The van der Waals surface area contributed by atoms with E-state index in [4.69, 9.17) is 4.74 Å². The van der Waals surface area contributed by atoms with Gasteiger partial charge in [0.2, 0.25) is 0 Å². The standard InChI is InChI=1S/C10H9N4O3.Na/c15-3-6-1-2-7(17-6)14-5-13-8-9(14)11-4-12-10(8)16;/h1-2,4-7H,3H2,(H,11,12,16);/q-1;+1/t6-,7+;/m0./s1. The zero-order valence-corrected chi connectivity index (χ0v) is 11.7. The Balaban J connectivity index is 0.00000120. The molecule has 1 aliphatic heterocycles. The molecule has 1 aliphatic rings. The predicted octanol–water partition coefficient (Wildman–Crippen LogP) is -4.06. The van der Waals surface area contributed by atoms with Gasteiger partial charge in [-0.2, -0.15) is 0 Å². The molecule has 2 aromatic heterocycles. The van der Waals surface area contributed by atoms with Gasteiger partial charge in [-0.15, -0.1) is 6.61 Å². The summed E-state index contributed by atoms with van der Waals surface area (Å²) >= 11 is 0. The number of ether oxygens (including phenoxy) is 1. The fourth-order valence-corrected chi connectivity index (χ4v) is 1.79. The molecule has 0 fully saturated rings. The first-order chi connectivity index (χ1) is 8.29. The number of hydrogen-bond donors (Lipinski definition) is 1. The van der Waals surface area contributed by atoms with Crippen molar-refractivity contribution < 1.29 is 39.4 Å². The maximum Gasteiger partial charge on any atom is 1.00 e. The van der Waals surface area contributed by atoms with E-state index >= 15 is 0 Å². The van der Waals surface area contributed by atoms with Crippen LogP contribution in [0, 0.1) is 0 Å². The molecule has 88 valence electrons. The van der Waals surface area contributed by atoms with Crippen LogP contribution in [-0.2, 0) is 4.74 Å². The van der Waals surface area contributed by atoms with Gasteiger partial charge in [-0.1, -0.05) is 6.08 Å². The Morgan fingerprint density at radius 3 is 3.00 bits per heavy atom. The Labute approximate surface area is 124 Å². The van der Waals surface area contributed by atoms with E-state index in [2.05, 4.69) is 15.0 Å². The second-order valence-electron chi connectivity index (χ2n) is 3.67. The zero-order chi connectivity index (χ0) is 11.8. The summed E-state index contributed by atoms with van der Waals surface area (Å²) in [7, 11) is 0. The zero-order valence-electron chi connectivity index (χ0n) is 9.74. The normalized spacial score (nSPS) is 22.3. The molecule has 0 saturated carbocycles. The van der Waals surface area contributed by atoms with Crippen molar-refractivity contribution in [2.45, 2.75) is 12.3 Å². The fourth-order valence-electron chi connectivity index (χ4n) is 1.79. The second kappa shape index (κ2) is 5.33. The summed E-state index contributed by atoms with van der Waals surface area (Å²) in [5.74, 6) is 0. The van der Waals surface area contributed by atoms with Crippen LogP contribution >= 0.6 is 0 Å². The van der Waals surface area contributed by atoms with E-state index in [1.807, 2.05) is 0 Å². The van der Waals surface area contributed by atoms with Crippen LogP contribution in [0.2, 0.25) is 0 Å². The van der Waals surface area contributed by atoms with Crippen LogP contribution < -0.4 is 40.2 Å². The third kappa shape index (κ3) is 2.15. The van der Waals surface area contributed by atoms with Crippen molar-refractivity contribution in [3.8, 4) is 0 Å². The maximum absolute atomic E-state index is 11.4. The smallest absolute Gasteiger partial charge is 0.852 e. The number of nitrogens with one attached hydrogen (secondary N) is 1.